The molecule has 3 aromatic rings. The lowest BCUT2D eigenvalue weighted by Crippen LogP contribution is -1.96. The van der Waals surface area contributed by atoms with Crippen molar-refractivity contribution in [3.8, 4) is 22.3 Å². The molecule has 0 unspecified atom stereocenters. The van der Waals surface area contributed by atoms with Crippen LogP contribution in [0.5, 0.6) is 0 Å². The minimum absolute atomic E-state index is 0.130. The summed E-state index contributed by atoms with van der Waals surface area (Å²) in [6, 6.07) is 7.19. The van der Waals surface area contributed by atoms with Crippen LogP contribution in [-0.2, 0) is 6.42 Å². The molecule has 2 N–H and O–H groups in total. The van der Waals surface area contributed by atoms with Gasteiger partial charge < -0.3 is 5.11 Å². The number of halogens is 1. The van der Waals surface area contributed by atoms with Gasteiger partial charge in [0.1, 0.15) is 5.82 Å². The molecule has 0 saturated carbocycles. The number of rotatable bonds is 6. The van der Waals surface area contributed by atoms with Crippen LogP contribution in [-0.4, -0.2) is 26.9 Å². The molecule has 0 amide bonds. The van der Waals surface area contributed by atoms with Crippen LogP contribution in [0.4, 0.5) is 4.39 Å². The summed E-state index contributed by atoms with van der Waals surface area (Å²) in [6.45, 7) is 0.130. The molecule has 5 heteroatoms. The molecule has 4 nitrogen and oxygen atoms in total. The number of aliphatic hydroxyl groups excluding tert-OH is 1. The van der Waals surface area contributed by atoms with Crippen LogP contribution in [0.2, 0.25) is 0 Å². The van der Waals surface area contributed by atoms with E-state index in [1.54, 1.807) is 30.9 Å². The Bertz CT molecular complexity index is 757. The van der Waals surface area contributed by atoms with Crippen molar-refractivity contribution in [3.63, 3.8) is 0 Å². The number of aliphatic hydroxyl groups is 1. The Morgan fingerprint density at radius 1 is 1.04 bits per heavy atom. The highest BCUT2D eigenvalue weighted by molar-refractivity contribution is 5.83. The first kappa shape index (κ1) is 15.4. The van der Waals surface area contributed by atoms with Gasteiger partial charge in [0.2, 0.25) is 0 Å². The van der Waals surface area contributed by atoms with Gasteiger partial charge in [-0.05, 0) is 65.8 Å². The van der Waals surface area contributed by atoms with E-state index in [1.165, 1.54) is 0 Å². The fraction of sp³-hybridized carbons (Fsp3) is 0.222. The second-order valence-electron chi connectivity index (χ2n) is 5.39. The molecule has 2 aromatic heterocycles. The Hall–Kier alpha value is -2.53. The zero-order valence-electron chi connectivity index (χ0n) is 12.7. The Morgan fingerprint density at radius 2 is 1.83 bits per heavy atom. The van der Waals surface area contributed by atoms with E-state index in [-0.39, 0.29) is 12.4 Å². The average Bonchev–Trinajstić information content (AvgIpc) is 3.11. The van der Waals surface area contributed by atoms with Crippen molar-refractivity contribution in [1.29, 1.82) is 0 Å². The summed E-state index contributed by atoms with van der Waals surface area (Å²) < 4.78 is 14.5. The molecule has 0 aliphatic rings. The van der Waals surface area contributed by atoms with Gasteiger partial charge in [0.05, 0.1) is 6.20 Å². The third kappa shape index (κ3) is 3.46. The highest BCUT2D eigenvalue weighted by atomic mass is 19.1. The molecule has 118 valence electrons. The fourth-order valence-corrected chi connectivity index (χ4v) is 2.64. The fourth-order valence-electron chi connectivity index (χ4n) is 2.64. The third-order valence-electron chi connectivity index (χ3n) is 3.84. The van der Waals surface area contributed by atoms with Gasteiger partial charge in [-0.1, -0.05) is 0 Å². The van der Waals surface area contributed by atoms with Crippen molar-refractivity contribution in [2.45, 2.75) is 19.3 Å². The lowest BCUT2D eigenvalue weighted by Gasteiger charge is -2.12. The standard InChI is InChI=1S/C18H18FN3O/c19-18-10-17(13-4-6-20-7-5-13)16(15-11-21-22-12-15)9-14(18)3-1-2-8-23/h4-7,9-12,23H,1-3,8H2,(H,21,22). The van der Waals surface area contributed by atoms with Crippen LogP contribution in [0.3, 0.4) is 0 Å². The predicted octanol–water partition coefficient (Wildman–Crippen LogP) is 3.59. The number of H-pyrrole nitrogens is 1. The molecule has 2 heterocycles. The van der Waals surface area contributed by atoms with Gasteiger partial charge in [-0.3, -0.25) is 10.1 Å². The number of benzene rings is 1. The molecule has 0 fully saturated rings. The molecule has 0 atom stereocenters. The summed E-state index contributed by atoms with van der Waals surface area (Å²) in [6.07, 6.45) is 8.96. The number of hydrogen-bond acceptors (Lipinski definition) is 3. The molecule has 23 heavy (non-hydrogen) atoms. The summed E-state index contributed by atoms with van der Waals surface area (Å²) in [5.41, 5.74) is 4.24. The maximum absolute atomic E-state index is 14.5. The summed E-state index contributed by atoms with van der Waals surface area (Å²) in [4.78, 5) is 4.02. The van der Waals surface area contributed by atoms with Crippen LogP contribution in [0.1, 0.15) is 18.4 Å². The average molecular weight is 311 g/mol. The largest absolute Gasteiger partial charge is 0.396 e. The van der Waals surface area contributed by atoms with Crippen molar-refractivity contribution >= 4 is 0 Å². The molecule has 0 spiro atoms. The number of unbranched alkanes of at least 4 members (excludes halogenated alkanes) is 1. The second-order valence-corrected chi connectivity index (χ2v) is 5.39. The Morgan fingerprint density at radius 3 is 2.52 bits per heavy atom. The lowest BCUT2D eigenvalue weighted by atomic mass is 9.93. The van der Waals surface area contributed by atoms with E-state index in [4.69, 9.17) is 5.11 Å². The lowest BCUT2D eigenvalue weighted by molar-refractivity contribution is 0.284. The van der Waals surface area contributed by atoms with Crippen LogP contribution < -0.4 is 0 Å². The van der Waals surface area contributed by atoms with E-state index in [0.29, 0.717) is 18.4 Å². The molecule has 0 aliphatic heterocycles. The molecule has 0 bridgehead atoms. The van der Waals surface area contributed by atoms with E-state index in [2.05, 4.69) is 15.2 Å². The topological polar surface area (TPSA) is 61.8 Å². The maximum atomic E-state index is 14.5. The number of nitrogens with one attached hydrogen (secondary N) is 1. The van der Waals surface area contributed by atoms with Gasteiger partial charge in [0.25, 0.3) is 0 Å². The normalized spacial score (nSPS) is 10.9. The Kier molecular flexibility index (Phi) is 4.78. The number of aryl methyl sites for hydroxylation is 1. The molecule has 1 aromatic carbocycles. The maximum Gasteiger partial charge on any atom is 0.127 e. The summed E-state index contributed by atoms with van der Waals surface area (Å²) in [5.74, 6) is -0.220. The van der Waals surface area contributed by atoms with Gasteiger partial charge in [-0.25, -0.2) is 4.39 Å². The van der Waals surface area contributed by atoms with Crippen LogP contribution in [0, 0.1) is 5.82 Å². The van der Waals surface area contributed by atoms with Crippen molar-refractivity contribution in [1.82, 2.24) is 15.2 Å². The smallest absolute Gasteiger partial charge is 0.127 e. The minimum atomic E-state index is -0.220. The number of aromatic nitrogens is 3. The number of nitrogens with zero attached hydrogens (tertiary/aromatic N) is 2. The van der Waals surface area contributed by atoms with Crippen molar-refractivity contribution in [2.75, 3.05) is 6.61 Å². The van der Waals surface area contributed by atoms with Crippen LogP contribution in [0.15, 0.2) is 49.1 Å². The number of hydrogen-bond donors (Lipinski definition) is 2. The first-order chi connectivity index (χ1) is 11.3. The van der Waals surface area contributed by atoms with Crippen LogP contribution >= 0.6 is 0 Å². The second kappa shape index (κ2) is 7.15. The number of pyridine rings is 1. The summed E-state index contributed by atoms with van der Waals surface area (Å²) in [7, 11) is 0. The zero-order valence-corrected chi connectivity index (χ0v) is 12.7. The number of aromatic amines is 1. The molecule has 0 aliphatic carbocycles. The van der Waals surface area contributed by atoms with Crippen molar-refractivity contribution in [2.24, 2.45) is 0 Å². The molecular weight excluding hydrogens is 293 g/mol. The SMILES string of the molecule is OCCCCc1cc(-c2cn[nH]c2)c(-c2ccncc2)cc1F. The third-order valence-corrected chi connectivity index (χ3v) is 3.84. The van der Waals surface area contributed by atoms with Gasteiger partial charge in [0, 0.05) is 30.8 Å². The van der Waals surface area contributed by atoms with E-state index < -0.39 is 0 Å². The van der Waals surface area contributed by atoms with Gasteiger partial charge in [-0.2, -0.15) is 5.10 Å². The van der Waals surface area contributed by atoms with E-state index in [0.717, 1.165) is 28.7 Å². The Balaban J connectivity index is 2.06. The minimum Gasteiger partial charge on any atom is -0.396 e. The van der Waals surface area contributed by atoms with Gasteiger partial charge in [0.15, 0.2) is 0 Å². The first-order valence-corrected chi connectivity index (χ1v) is 7.62. The highest BCUT2D eigenvalue weighted by Gasteiger charge is 2.13. The van der Waals surface area contributed by atoms with E-state index in [9.17, 15) is 4.39 Å². The van der Waals surface area contributed by atoms with Crippen LogP contribution in [0.25, 0.3) is 22.3 Å². The van der Waals surface area contributed by atoms with Crippen molar-refractivity contribution in [3.05, 3.63) is 60.4 Å². The first-order valence-electron chi connectivity index (χ1n) is 7.62. The highest BCUT2D eigenvalue weighted by Crippen LogP contribution is 2.34. The quantitative estimate of drug-likeness (QED) is 0.684. The summed E-state index contributed by atoms with van der Waals surface area (Å²) >= 11 is 0. The van der Waals surface area contributed by atoms with E-state index in [1.807, 2.05) is 18.2 Å². The van der Waals surface area contributed by atoms with E-state index >= 15 is 0 Å². The predicted molar refractivity (Wildman–Crippen MR) is 87.2 cm³/mol. The Labute approximate surface area is 134 Å². The molecule has 0 radical (unpaired) electrons. The van der Waals surface area contributed by atoms with Gasteiger partial charge in [-0.15, -0.1) is 0 Å². The zero-order chi connectivity index (χ0) is 16.1. The monoisotopic (exact) mass is 311 g/mol. The van der Waals surface area contributed by atoms with Gasteiger partial charge >= 0.3 is 0 Å². The van der Waals surface area contributed by atoms with Crippen molar-refractivity contribution < 1.29 is 9.50 Å². The molecule has 0 saturated heterocycles. The summed E-state index contributed by atoms with van der Waals surface area (Å²) in [5, 5.41) is 15.7. The molecule has 3 rings (SSSR count). The molecular formula is C18H18FN3O.